The SMILES string of the molecule is N#CC(C#N)[C@@H](CC(=O)c1ccccc1)c1ccc(Cl)c(Cl)c1. The average molecular weight is 343 g/mol. The van der Waals surface area contributed by atoms with Crippen molar-refractivity contribution in [2.75, 3.05) is 0 Å². The van der Waals surface area contributed by atoms with Gasteiger partial charge in [-0.2, -0.15) is 10.5 Å². The zero-order valence-electron chi connectivity index (χ0n) is 12.0. The van der Waals surface area contributed by atoms with E-state index >= 15 is 0 Å². The zero-order chi connectivity index (χ0) is 16.8. The van der Waals surface area contributed by atoms with Crippen LogP contribution in [0.3, 0.4) is 0 Å². The Morgan fingerprint density at radius 1 is 1.00 bits per heavy atom. The van der Waals surface area contributed by atoms with Crippen LogP contribution in [0.4, 0.5) is 0 Å². The van der Waals surface area contributed by atoms with Crippen LogP contribution in [-0.4, -0.2) is 5.78 Å². The van der Waals surface area contributed by atoms with Gasteiger partial charge in [-0.1, -0.05) is 59.6 Å². The number of nitrogens with zero attached hydrogens (tertiary/aromatic N) is 2. The monoisotopic (exact) mass is 342 g/mol. The molecular formula is C18H12Cl2N2O. The molecule has 3 nitrogen and oxygen atoms in total. The van der Waals surface area contributed by atoms with E-state index in [-0.39, 0.29) is 12.2 Å². The summed E-state index contributed by atoms with van der Waals surface area (Å²) >= 11 is 11.9. The minimum atomic E-state index is -0.945. The van der Waals surface area contributed by atoms with Crippen molar-refractivity contribution in [1.29, 1.82) is 10.5 Å². The smallest absolute Gasteiger partial charge is 0.163 e. The van der Waals surface area contributed by atoms with Gasteiger partial charge < -0.3 is 0 Å². The molecule has 0 fully saturated rings. The van der Waals surface area contributed by atoms with Crippen LogP contribution in [-0.2, 0) is 0 Å². The predicted octanol–water partition coefficient (Wildman–Crippen LogP) is 5.01. The molecule has 2 rings (SSSR count). The zero-order valence-corrected chi connectivity index (χ0v) is 13.6. The molecule has 1 atom stereocenters. The van der Waals surface area contributed by atoms with Crippen molar-refractivity contribution >= 4 is 29.0 Å². The van der Waals surface area contributed by atoms with E-state index in [1.807, 2.05) is 18.2 Å². The Bertz CT molecular complexity index is 777. The molecule has 0 aromatic heterocycles. The van der Waals surface area contributed by atoms with Gasteiger partial charge in [0.25, 0.3) is 0 Å². The van der Waals surface area contributed by atoms with Crippen LogP contribution >= 0.6 is 23.2 Å². The summed E-state index contributed by atoms with van der Waals surface area (Å²) in [6.07, 6.45) is 0.0494. The molecule has 0 aliphatic carbocycles. The van der Waals surface area contributed by atoms with Crippen LogP contribution in [0.1, 0.15) is 28.3 Å². The molecule has 0 aliphatic heterocycles. The van der Waals surface area contributed by atoms with E-state index in [9.17, 15) is 15.3 Å². The Morgan fingerprint density at radius 3 is 2.22 bits per heavy atom. The highest BCUT2D eigenvalue weighted by Crippen LogP contribution is 2.33. The van der Waals surface area contributed by atoms with Gasteiger partial charge in [-0.05, 0) is 17.7 Å². The average Bonchev–Trinajstić information content (AvgIpc) is 2.58. The lowest BCUT2D eigenvalue weighted by Gasteiger charge is -2.18. The van der Waals surface area contributed by atoms with Crippen molar-refractivity contribution in [2.24, 2.45) is 5.92 Å². The summed E-state index contributed by atoms with van der Waals surface area (Å²) < 4.78 is 0. The molecule has 0 bridgehead atoms. The predicted molar refractivity (Wildman–Crippen MR) is 89.3 cm³/mol. The third-order valence-corrected chi connectivity index (χ3v) is 4.29. The molecule has 2 aromatic carbocycles. The molecule has 5 heteroatoms. The van der Waals surface area contributed by atoms with Crippen molar-refractivity contribution in [1.82, 2.24) is 0 Å². The Balaban J connectivity index is 2.35. The lowest BCUT2D eigenvalue weighted by Crippen LogP contribution is -2.15. The van der Waals surface area contributed by atoms with Crippen molar-refractivity contribution in [3.8, 4) is 12.1 Å². The van der Waals surface area contributed by atoms with E-state index in [4.69, 9.17) is 23.2 Å². The summed E-state index contributed by atoms with van der Waals surface area (Å²) in [5.74, 6) is -1.63. The maximum Gasteiger partial charge on any atom is 0.163 e. The standard InChI is InChI=1S/C18H12Cl2N2O/c19-16-7-6-13(8-17(16)20)15(14(10-21)11-22)9-18(23)12-4-2-1-3-5-12/h1-8,14-15H,9H2/t15-/m0/s1. The highest BCUT2D eigenvalue weighted by molar-refractivity contribution is 6.42. The van der Waals surface area contributed by atoms with Gasteiger partial charge in [-0.15, -0.1) is 0 Å². The quantitative estimate of drug-likeness (QED) is 0.717. The molecule has 0 N–H and O–H groups in total. The van der Waals surface area contributed by atoms with Gasteiger partial charge in [0.2, 0.25) is 0 Å². The van der Waals surface area contributed by atoms with Gasteiger partial charge in [-0.3, -0.25) is 4.79 Å². The first-order chi connectivity index (χ1) is 11.1. The van der Waals surface area contributed by atoms with E-state index in [2.05, 4.69) is 0 Å². The number of benzene rings is 2. The molecule has 23 heavy (non-hydrogen) atoms. The molecule has 2 aromatic rings. The molecule has 0 aliphatic rings. The van der Waals surface area contributed by atoms with Crippen LogP contribution < -0.4 is 0 Å². The number of Topliss-reactive ketones (excluding diaryl/α,β-unsaturated/α-hetero) is 1. The molecule has 0 radical (unpaired) electrons. The first-order valence-corrected chi connectivity index (χ1v) is 7.65. The molecule has 0 heterocycles. The number of ketones is 1. The second-order valence-electron chi connectivity index (χ2n) is 5.01. The van der Waals surface area contributed by atoms with Crippen LogP contribution in [0.2, 0.25) is 10.0 Å². The highest BCUT2D eigenvalue weighted by Gasteiger charge is 2.26. The van der Waals surface area contributed by atoms with Crippen LogP contribution in [0, 0.1) is 28.6 Å². The number of nitriles is 2. The number of hydrogen-bond acceptors (Lipinski definition) is 3. The second kappa shape index (κ2) is 7.79. The van der Waals surface area contributed by atoms with Crippen molar-refractivity contribution in [3.05, 3.63) is 69.7 Å². The maximum atomic E-state index is 12.4. The summed E-state index contributed by atoms with van der Waals surface area (Å²) in [7, 11) is 0. The molecule has 0 spiro atoms. The fraction of sp³-hybridized carbons (Fsp3) is 0.167. The van der Waals surface area contributed by atoms with Gasteiger partial charge >= 0.3 is 0 Å². The number of rotatable bonds is 5. The van der Waals surface area contributed by atoms with E-state index in [0.29, 0.717) is 21.2 Å². The largest absolute Gasteiger partial charge is 0.294 e. The summed E-state index contributed by atoms with van der Waals surface area (Å²) in [4.78, 5) is 12.4. The Morgan fingerprint density at radius 2 is 1.65 bits per heavy atom. The molecule has 0 saturated heterocycles. The highest BCUT2D eigenvalue weighted by atomic mass is 35.5. The first kappa shape index (κ1) is 17.0. The van der Waals surface area contributed by atoms with E-state index in [1.165, 1.54) is 0 Å². The lowest BCUT2D eigenvalue weighted by molar-refractivity contribution is 0.0971. The molecule has 0 unspecified atom stereocenters. The number of hydrogen-bond donors (Lipinski definition) is 0. The van der Waals surface area contributed by atoms with Crippen molar-refractivity contribution in [2.45, 2.75) is 12.3 Å². The maximum absolute atomic E-state index is 12.4. The van der Waals surface area contributed by atoms with E-state index in [1.54, 1.807) is 42.5 Å². The van der Waals surface area contributed by atoms with Crippen LogP contribution in [0.25, 0.3) is 0 Å². The van der Waals surface area contributed by atoms with Gasteiger partial charge in [0.05, 0.1) is 22.2 Å². The van der Waals surface area contributed by atoms with Crippen LogP contribution in [0.15, 0.2) is 48.5 Å². The Kier molecular flexibility index (Phi) is 5.77. The number of carbonyl (C=O) groups excluding carboxylic acids is 1. The summed E-state index contributed by atoms with van der Waals surface area (Å²) in [5, 5.41) is 19.2. The van der Waals surface area contributed by atoms with Gasteiger partial charge in [-0.25, -0.2) is 0 Å². The van der Waals surface area contributed by atoms with E-state index in [0.717, 1.165) is 0 Å². The first-order valence-electron chi connectivity index (χ1n) is 6.89. The lowest BCUT2D eigenvalue weighted by atomic mass is 9.83. The number of carbonyl (C=O) groups is 1. The summed E-state index contributed by atoms with van der Waals surface area (Å²) in [6.45, 7) is 0. The Labute approximate surface area is 144 Å². The molecule has 0 amide bonds. The summed E-state index contributed by atoms with van der Waals surface area (Å²) in [6, 6.07) is 17.6. The van der Waals surface area contributed by atoms with E-state index < -0.39 is 11.8 Å². The normalized spacial score (nSPS) is 11.5. The third-order valence-electron chi connectivity index (χ3n) is 3.55. The fourth-order valence-electron chi connectivity index (χ4n) is 2.32. The van der Waals surface area contributed by atoms with Gasteiger partial charge in [0.1, 0.15) is 5.92 Å². The van der Waals surface area contributed by atoms with Crippen molar-refractivity contribution in [3.63, 3.8) is 0 Å². The third kappa shape index (κ3) is 4.11. The molecule has 114 valence electrons. The number of halogens is 2. The van der Waals surface area contributed by atoms with Crippen molar-refractivity contribution < 1.29 is 4.79 Å². The fourth-order valence-corrected chi connectivity index (χ4v) is 2.63. The second-order valence-corrected chi connectivity index (χ2v) is 5.82. The topological polar surface area (TPSA) is 64.7 Å². The van der Waals surface area contributed by atoms with Gasteiger partial charge in [0.15, 0.2) is 5.78 Å². The molecular weight excluding hydrogens is 331 g/mol. The minimum absolute atomic E-state index is 0.0494. The Hall–Kier alpha value is -2.33. The van der Waals surface area contributed by atoms with Crippen LogP contribution in [0.5, 0.6) is 0 Å². The summed E-state index contributed by atoms with van der Waals surface area (Å²) in [5.41, 5.74) is 1.20. The molecule has 0 saturated carbocycles. The van der Waals surface area contributed by atoms with Gasteiger partial charge in [0, 0.05) is 17.9 Å². The minimum Gasteiger partial charge on any atom is -0.294 e.